The van der Waals surface area contributed by atoms with Gasteiger partial charge < -0.3 is 5.92 Å². The van der Waals surface area contributed by atoms with Gasteiger partial charge in [0.05, 0.1) is 0 Å². The third-order valence-corrected chi connectivity index (χ3v) is 4.52. The van der Waals surface area contributed by atoms with Crippen LogP contribution in [0.4, 0.5) is 0 Å². The van der Waals surface area contributed by atoms with E-state index < -0.39 is 0 Å². The minimum Gasteiger partial charge on any atom is -0.314 e. The molecule has 3 saturated carbocycles. The largest absolute Gasteiger partial charge is 0.314 e. The summed E-state index contributed by atoms with van der Waals surface area (Å²) >= 11 is 0. The zero-order valence-electron chi connectivity index (χ0n) is 10.5. The zero-order chi connectivity index (χ0) is 10.0. The Labute approximate surface area is 121 Å². The summed E-state index contributed by atoms with van der Waals surface area (Å²) in [4.78, 5) is 0. The third kappa shape index (κ3) is 3.81. The summed E-state index contributed by atoms with van der Waals surface area (Å²) in [5.74, 6) is 2.79. The van der Waals surface area contributed by atoms with Gasteiger partial charge in [0.15, 0.2) is 0 Å². The molecule has 0 aromatic heterocycles. The van der Waals surface area contributed by atoms with Crippen LogP contribution in [-0.2, 0) is 32.7 Å². The van der Waals surface area contributed by atoms with Gasteiger partial charge in [-0.15, -0.1) is 0 Å². The van der Waals surface area contributed by atoms with E-state index in [1.165, 1.54) is 57.8 Å². The van der Waals surface area contributed by atoms with E-state index in [4.69, 9.17) is 0 Å². The Kier molecular flexibility index (Phi) is 5.81. The minimum atomic E-state index is 0. The molecule has 3 fully saturated rings. The molecule has 0 amide bonds. The van der Waals surface area contributed by atoms with Crippen molar-refractivity contribution in [2.24, 2.45) is 11.3 Å². The Morgan fingerprint density at radius 2 is 1.60 bits per heavy atom. The predicted octanol–water partition coefficient (Wildman–Crippen LogP) is 4.74. The monoisotopic (exact) mass is 282 g/mol. The van der Waals surface area contributed by atoms with Crippen LogP contribution in [0.5, 0.6) is 0 Å². The molecule has 0 unspecified atom stereocenters. The second-order valence-electron chi connectivity index (χ2n) is 6.04. The van der Waals surface area contributed by atoms with Gasteiger partial charge >= 0.3 is 0 Å². The summed E-state index contributed by atoms with van der Waals surface area (Å²) in [6, 6.07) is 0. The van der Waals surface area contributed by atoms with Gasteiger partial charge in [0.2, 0.25) is 0 Å². The standard InChI is InChI=1S/C14H25.Y/c1-12(2)4-3-8-14-9-5-13(6-10-14)7-11-14;/h12H,3-11H2,1-2H3;/q-1;. The van der Waals surface area contributed by atoms with E-state index in [2.05, 4.69) is 13.8 Å². The van der Waals surface area contributed by atoms with Crippen LogP contribution in [0, 0.1) is 17.3 Å². The van der Waals surface area contributed by atoms with Crippen molar-refractivity contribution in [2.75, 3.05) is 0 Å². The molecule has 0 aromatic rings. The first-order valence-electron chi connectivity index (χ1n) is 6.54. The van der Waals surface area contributed by atoms with E-state index in [0.717, 1.165) is 11.3 Å². The Morgan fingerprint density at radius 3 is 2.07 bits per heavy atom. The molecule has 0 atom stereocenters. The van der Waals surface area contributed by atoms with E-state index in [1.54, 1.807) is 0 Å². The smallest absolute Gasteiger partial charge is 0 e. The first kappa shape index (κ1) is 14.2. The summed E-state index contributed by atoms with van der Waals surface area (Å²) < 4.78 is 0. The fraction of sp³-hybridized carbons (Fsp3) is 0.929. The molecule has 0 saturated heterocycles. The molecule has 1 heteroatoms. The average Bonchev–Trinajstić information content (AvgIpc) is 2.19. The molecule has 3 aliphatic carbocycles. The molecule has 0 nitrogen and oxygen atoms in total. The number of hydrogen-bond donors (Lipinski definition) is 0. The van der Waals surface area contributed by atoms with Crippen molar-refractivity contribution in [1.82, 2.24) is 0 Å². The fourth-order valence-corrected chi connectivity index (χ4v) is 3.34. The Bertz CT molecular complexity index is 164. The molecule has 3 rings (SSSR count). The van der Waals surface area contributed by atoms with Crippen LogP contribution in [0.2, 0.25) is 0 Å². The number of hydrogen-bond acceptors (Lipinski definition) is 0. The molecule has 0 N–H and O–H groups in total. The molecule has 15 heavy (non-hydrogen) atoms. The maximum Gasteiger partial charge on any atom is 0 e. The van der Waals surface area contributed by atoms with Gasteiger partial charge in [-0.2, -0.15) is 19.3 Å². The first-order chi connectivity index (χ1) is 6.70. The van der Waals surface area contributed by atoms with Crippen molar-refractivity contribution in [3.05, 3.63) is 5.92 Å². The van der Waals surface area contributed by atoms with Crippen LogP contribution in [0.25, 0.3) is 0 Å². The van der Waals surface area contributed by atoms with Gasteiger partial charge in [0.25, 0.3) is 0 Å². The van der Waals surface area contributed by atoms with Crippen molar-refractivity contribution >= 4 is 0 Å². The van der Waals surface area contributed by atoms with Crippen molar-refractivity contribution in [1.29, 1.82) is 0 Å². The number of fused-ring (bicyclic) bond motifs is 3. The SMILES string of the molecule is CC(C)CCCC12CC[C-](CC1)CC2.[Y]. The van der Waals surface area contributed by atoms with E-state index in [9.17, 15) is 0 Å². The quantitative estimate of drug-likeness (QED) is 0.653. The molecule has 0 heterocycles. The summed E-state index contributed by atoms with van der Waals surface area (Å²) in [6.07, 6.45) is 13.5. The van der Waals surface area contributed by atoms with Crippen molar-refractivity contribution in [3.63, 3.8) is 0 Å². The van der Waals surface area contributed by atoms with E-state index in [-0.39, 0.29) is 32.7 Å². The van der Waals surface area contributed by atoms with Gasteiger partial charge in [-0.05, 0) is 17.8 Å². The minimum absolute atomic E-state index is 0. The van der Waals surface area contributed by atoms with Crippen molar-refractivity contribution in [2.45, 2.75) is 71.6 Å². The second kappa shape index (κ2) is 6.15. The topological polar surface area (TPSA) is 0 Å². The van der Waals surface area contributed by atoms with E-state index >= 15 is 0 Å². The van der Waals surface area contributed by atoms with Crippen molar-refractivity contribution < 1.29 is 32.7 Å². The summed E-state index contributed by atoms with van der Waals surface area (Å²) in [5, 5.41) is 0. The van der Waals surface area contributed by atoms with Gasteiger partial charge in [-0.25, -0.2) is 0 Å². The van der Waals surface area contributed by atoms with Crippen LogP contribution in [0.15, 0.2) is 0 Å². The van der Waals surface area contributed by atoms with Crippen LogP contribution in [-0.4, -0.2) is 0 Å². The van der Waals surface area contributed by atoms with Crippen LogP contribution < -0.4 is 0 Å². The average molecular weight is 282 g/mol. The van der Waals surface area contributed by atoms with Gasteiger partial charge in [-0.1, -0.05) is 46.0 Å². The molecule has 1 radical (unpaired) electrons. The van der Waals surface area contributed by atoms with Crippen LogP contribution in [0.3, 0.4) is 0 Å². The maximum absolute atomic E-state index is 2.35. The van der Waals surface area contributed by atoms with Crippen LogP contribution >= 0.6 is 0 Å². The summed E-state index contributed by atoms with van der Waals surface area (Å²) in [6.45, 7) is 4.70. The third-order valence-electron chi connectivity index (χ3n) is 4.52. The van der Waals surface area contributed by atoms with Crippen molar-refractivity contribution in [3.8, 4) is 0 Å². The Balaban J connectivity index is 0.00000112. The Morgan fingerprint density at radius 1 is 1.07 bits per heavy atom. The summed E-state index contributed by atoms with van der Waals surface area (Å²) in [7, 11) is 0. The predicted molar refractivity (Wildman–Crippen MR) is 62.1 cm³/mol. The molecule has 3 aliphatic rings. The van der Waals surface area contributed by atoms with Gasteiger partial charge in [-0.3, -0.25) is 0 Å². The molecule has 0 aromatic carbocycles. The fourth-order valence-electron chi connectivity index (χ4n) is 3.34. The first-order valence-corrected chi connectivity index (χ1v) is 6.54. The summed E-state index contributed by atoms with van der Waals surface area (Å²) in [5.41, 5.74) is 0.802. The number of rotatable bonds is 4. The van der Waals surface area contributed by atoms with Crippen LogP contribution in [0.1, 0.15) is 71.6 Å². The molecule has 85 valence electrons. The molecule has 2 bridgehead atoms. The van der Waals surface area contributed by atoms with E-state index in [0.29, 0.717) is 0 Å². The van der Waals surface area contributed by atoms with Gasteiger partial charge in [0.1, 0.15) is 0 Å². The molecule has 0 aliphatic heterocycles. The molecular weight excluding hydrogens is 257 g/mol. The second-order valence-corrected chi connectivity index (χ2v) is 6.04. The van der Waals surface area contributed by atoms with Gasteiger partial charge in [0, 0.05) is 32.7 Å². The van der Waals surface area contributed by atoms with E-state index in [1.807, 2.05) is 5.92 Å². The Hall–Kier alpha value is 1.10. The molecular formula is C14H25Y-. The zero-order valence-corrected chi connectivity index (χ0v) is 13.4. The molecule has 0 spiro atoms. The maximum atomic E-state index is 2.35. The normalized spacial score (nSPS) is 24.2.